The quantitative estimate of drug-likeness (QED) is 0.524. The molecular weight excluding hydrogens is 410 g/mol. The van der Waals surface area contributed by atoms with Crippen molar-refractivity contribution >= 4 is 33.2 Å². The SMILES string of the molecule is Cc1cc([N+](=O)[O-])ccc1NC(=O)CCN1CCCC1c1cccc(Br)c1. The van der Waals surface area contributed by atoms with Crippen LogP contribution in [0.5, 0.6) is 0 Å². The molecule has 1 unspecified atom stereocenters. The Kier molecular flexibility index (Phi) is 6.23. The van der Waals surface area contributed by atoms with Gasteiger partial charge in [-0.2, -0.15) is 0 Å². The summed E-state index contributed by atoms with van der Waals surface area (Å²) in [6, 6.07) is 13.1. The predicted octanol–water partition coefficient (Wildman–Crippen LogP) is 4.83. The minimum absolute atomic E-state index is 0.0272. The number of anilines is 1. The van der Waals surface area contributed by atoms with Crippen LogP contribution in [0.3, 0.4) is 0 Å². The van der Waals surface area contributed by atoms with Crippen LogP contribution in [0.15, 0.2) is 46.9 Å². The molecule has 0 saturated carbocycles. The van der Waals surface area contributed by atoms with Crippen LogP contribution in [-0.2, 0) is 4.79 Å². The van der Waals surface area contributed by atoms with E-state index in [1.165, 1.54) is 17.7 Å². The number of nitrogens with zero attached hydrogens (tertiary/aromatic N) is 2. The molecule has 2 aromatic rings. The van der Waals surface area contributed by atoms with Crippen LogP contribution in [0.4, 0.5) is 11.4 Å². The van der Waals surface area contributed by atoms with Gasteiger partial charge < -0.3 is 5.32 Å². The third-order valence-electron chi connectivity index (χ3n) is 4.92. The fourth-order valence-corrected chi connectivity index (χ4v) is 3.96. The molecule has 6 nitrogen and oxygen atoms in total. The normalized spacial score (nSPS) is 17.0. The van der Waals surface area contributed by atoms with E-state index in [-0.39, 0.29) is 11.6 Å². The highest BCUT2D eigenvalue weighted by Gasteiger charge is 2.26. The van der Waals surface area contributed by atoms with Crippen LogP contribution in [0.25, 0.3) is 0 Å². The van der Waals surface area contributed by atoms with Crippen molar-refractivity contribution in [2.75, 3.05) is 18.4 Å². The molecule has 1 aliphatic rings. The number of carbonyl (C=O) groups is 1. The van der Waals surface area contributed by atoms with E-state index in [9.17, 15) is 14.9 Å². The second kappa shape index (κ2) is 8.63. The van der Waals surface area contributed by atoms with Gasteiger partial charge in [0.15, 0.2) is 0 Å². The number of carbonyl (C=O) groups excluding carboxylic acids is 1. The Hall–Kier alpha value is -2.25. The van der Waals surface area contributed by atoms with E-state index < -0.39 is 4.92 Å². The minimum Gasteiger partial charge on any atom is -0.326 e. The first-order valence-electron chi connectivity index (χ1n) is 8.98. The van der Waals surface area contributed by atoms with E-state index in [1.54, 1.807) is 13.0 Å². The summed E-state index contributed by atoms with van der Waals surface area (Å²) in [7, 11) is 0. The molecule has 1 amide bonds. The average molecular weight is 432 g/mol. The summed E-state index contributed by atoms with van der Waals surface area (Å²) in [5, 5.41) is 13.7. The molecule has 0 spiro atoms. The summed E-state index contributed by atoms with van der Waals surface area (Å²) in [5.74, 6) is -0.0770. The molecule has 1 aliphatic heterocycles. The molecule has 1 fully saturated rings. The van der Waals surface area contributed by atoms with Gasteiger partial charge in [-0.05, 0) is 55.6 Å². The van der Waals surface area contributed by atoms with Gasteiger partial charge in [-0.15, -0.1) is 0 Å². The van der Waals surface area contributed by atoms with Gasteiger partial charge >= 0.3 is 0 Å². The topological polar surface area (TPSA) is 75.5 Å². The van der Waals surface area contributed by atoms with E-state index in [4.69, 9.17) is 0 Å². The Balaban J connectivity index is 1.58. The first kappa shape index (κ1) is 19.5. The van der Waals surface area contributed by atoms with Crippen LogP contribution >= 0.6 is 15.9 Å². The number of nitro groups is 1. The smallest absolute Gasteiger partial charge is 0.269 e. The van der Waals surface area contributed by atoms with Crippen molar-refractivity contribution in [3.05, 3.63) is 68.2 Å². The average Bonchev–Trinajstić information content (AvgIpc) is 3.10. The van der Waals surface area contributed by atoms with Crippen LogP contribution in [0.1, 0.15) is 36.4 Å². The van der Waals surface area contributed by atoms with Crippen molar-refractivity contribution < 1.29 is 9.72 Å². The number of nitrogens with one attached hydrogen (secondary N) is 1. The fraction of sp³-hybridized carbons (Fsp3) is 0.350. The fourth-order valence-electron chi connectivity index (χ4n) is 3.54. The Morgan fingerprint density at radius 2 is 2.15 bits per heavy atom. The number of hydrogen-bond acceptors (Lipinski definition) is 4. The second-order valence-electron chi connectivity index (χ2n) is 6.80. The molecule has 0 radical (unpaired) electrons. The Labute approximate surface area is 166 Å². The third-order valence-corrected chi connectivity index (χ3v) is 5.41. The lowest BCUT2D eigenvalue weighted by atomic mass is 10.0. The van der Waals surface area contributed by atoms with Crippen molar-refractivity contribution in [1.82, 2.24) is 4.90 Å². The van der Waals surface area contributed by atoms with Gasteiger partial charge in [-0.25, -0.2) is 0 Å². The number of nitro benzene ring substituents is 1. The first-order chi connectivity index (χ1) is 12.9. The van der Waals surface area contributed by atoms with E-state index in [0.717, 1.165) is 23.9 Å². The van der Waals surface area contributed by atoms with Gasteiger partial charge in [0, 0.05) is 41.3 Å². The van der Waals surface area contributed by atoms with Crippen molar-refractivity contribution in [2.45, 2.75) is 32.2 Å². The Bertz CT molecular complexity index is 856. The molecule has 0 aromatic heterocycles. The van der Waals surface area contributed by atoms with Gasteiger partial charge in [0.05, 0.1) is 4.92 Å². The lowest BCUT2D eigenvalue weighted by Crippen LogP contribution is -2.27. The molecule has 2 aromatic carbocycles. The molecular formula is C20H22BrN3O3. The second-order valence-corrected chi connectivity index (χ2v) is 7.72. The zero-order chi connectivity index (χ0) is 19.4. The highest BCUT2D eigenvalue weighted by molar-refractivity contribution is 9.10. The first-order valence-corrected chi connectivity index (χ1v) is 9.78. The van der Waals surface area contributed by atoms with Crippen LogP contribution in [-0.4, -0.2) is 28.8 Å². The molecule has 0 bridgehead atoms. The molecule has 0 aliphatic carbocycles. The predicted molar refractivity (Wildman–Crippen MR) is 109 cm³/mol. The maximum absolute atomic E-state index is 12.4. The van der Waals surface area contributed by atoms with Crippen LogP contribution in [0.2, 0.25) is 0 Å². The highest BCUT2D eigenvalue weighted by atomic mass is 79.9. The van der Waals surface area contributed by atoms with Crippen molar-refractivity contribution in [3.8, 4) is 0 Å². The zero-order valence-corrected chi connectivity index (χ0v) is 16.7. The lowest BCUT2D eigenvalue weighted by Gasteiger charge is -2.24. The summed E-state index contributed by atoms with van der Waals surface area (Å²) in [4.78, 5) is 25.1. The Morgan fingerprint density at radius 3 is 2.85 bits per heavy atom. The molecule has 1 N–H and O–H groups in total. The largest absolute Gasteiger partial charge is 0.326 e. The molecule has 27 heavy (non-hydrogen) atoms. The number of halogens is 1. The highest BCUT2D eigenvalue weighted by Crippen LogP contribution is 2.33. The molecule has 1 atom stereocenters. The van der Waals surface area contributed by atoms with Crippen LogP contribution < -0.4 is 5.32 Å². The number of rotatable bonds is 6. The molecule has 3 rings (SSSR count). The molecule has 1 heterocycles. The van der Waals surface area contributed by atoms with Gasteiger partial charge in [0.2, 0.25) is 5.91 Å². The van der Waals surface area contributed by atoms with Crippen LogP contribution in [0, 0.1) is 17.0 Å². The summed E-state index contributed by atoms with van der Waals surface area (Å²) >= 11 is 3.52. The van der Waals surface area contributed by atoms with Crippen molar-refractivity contribution in [2.24, 2.45) is 0 Å². The van der Waals surface area contributed by atoms with Gasteiger partial charge in [-0.3, -0.25) is 19.8 Å². The summed E-state index contributed by atoms with van der Waals surface area (Å²) in [5.41, 5.74) is 2.61. The molecule has 7 heteroatoms. The van der Waals surface area contributed by atoms with E-state index in [1.807, 2.05) is 12.1 Å². The van der Waals surface area contributed by atoms with Crippen molar-refractivity contribution in [1.29, 1.82) is 0 Å². The number of non-ortho nitro benzene ring substituents is 1. The maximum Gasteiger partial charge on any atom is 0.269 e. The van der Waals surface area contributed by atoms with Gasteiger partial charge in [0.25, 0.3) is 5.69 Å². The Morgan fingerprint density at radius 1 is 1.33 bits per heavy atom. The van der Waals surface area contributed by atoms with E-state index >= 15 is 0 Å². The molecule has 142 valence electrons. The number of benzene rings is 2. The summed E-state index contributed by atoms with van der Waals surface area (Å²) in [6.45, 7) is 3.43. The zero-order valence-electron chi connectivity index (χ0n) is 15.2. The summed E-state index contributed by atoms with van der Waals surface area (Å²) < 4.78 is 1.07. The number of amides is 1. The lowest BCUT2D eigenvalue weighted by molar-refractivity contribution is -0.384. The maximum atomic E-state index is 12.4. The number of likely N-dealkylation sites (tertiary alicyclic amines) is 1. The number of hydrogen-bond donors (Lipinski definition) is 1. The number of aryl methyl sites for hydroxylation is 1. The monoisotopic (exact) mass is 431 g/mol. The van der Waals surface area contributed by atoms with E-state index in [0.29, 0.717) is 30.3 Å². The molecule has 1 saturated heterocycles. The van der Waals surface area contributed by atoms with E-state index in [2.05, 4.69) is 38.3 Å². The minimum atomic E-state index is -0.436. The van der Waals surface area contributed by atoms with Gasteiger partial charge in [0.1, 0.15) is 0 Å². The van der Waals surface area contributed by atoms with Crippen molar-refractivity contribution in [3.63, 3.8) is 0 Å². The summed E-state index contributed by atoms with van der Waals surface area (Å²) in [6.07, 6.45) is 2.61. The van der Waals surface area contributed by atoms with Gasteiger partial charge in [-0.1, -0.05) is 28.1 Å². The standard InChI is InChI=1S/C20H22BrN3O3/c1-14-12-17(24(26)27)7-8-18(14)22-20(25)9-11-23-10-3-6-19(23)15-4-2-5-16(21)13-15/h2,4-5,7-8,12-13,19H,3,6,9-11H2,1H3,(H,22,25). The third kappa shape index (κ3) is 4.93.